The lowest BCUT2D eigenvalue weighted by Gasteiger charge is -2.07. The lowest BCUT2D eigenvalue weighted by atomic mass is 10.1. The quantitative estimate of drug-likeness (QED) is 0.646. The van der Waals surface area contributed by atoms with E-state index in [-0.39, 0.29) is 0 Å². The van der Waals surface area contributed by atoms with Crippen molar-refractivity contribution in [2.24, 2.45) is 4.99 Å². The number of rotatable bonds is 3. The first-order valence-electron chi connectivity index (χ1n) is 5.70. The molecule has 2 aromatic rings. The van der Waals surface area contributed by atoms with E-state index in [1.165, 1.54) is 5.56 Å². The smallest absolute Gasteiger partial charge is 0.168 e. The Kier molecular flexibility index (Phi) is 3.60. The number of benzene rings is 1. The average Bonchev–Trinajstić information content (AvgIpc) is 2.90. The van der Waals surface area contributed by atoms with Crippen LogP contribution in [0.5, 0.6) is 0 Å². The van der Waals surface area contributed by atoms with Gasteiger partial charge in [-0.05, 0) is 36.2 Å². The number of furan rings is 1. The average molecular weight is 228 g/mol. The molecule has 17 heavy (non-hydrogen) atoms. The zero-order chi connectivity index (χ0) is 12.1. The molecule has 0 radical (unpaired) electrons. The summed E-state index contributed by atoms with van der Waals surface area (Å²) in [7, 11) is 1.74. The number of hydrogen-bond donors (Lipinski definition) is 1. The molecule has 0 bridgehead atoms. The first kappa shape index (κ1) is 11.5. The predicted octanol–water partition coefficient (Wildman–Crippen LogP) is 3.33. The van der Waals surface area contributed by atoms with Crippen LogP contribution in [-0.4, -0.2) is 12.9 Å². The topological polar surface area (TPSA) is 37.5 Å². The molecule has 0 saturated heterocycles. The fourth-order valence-electron chi connectivity index (χ4n) is 1.60. The van der Waals surface area contributed by atoms with Crippen LogP contribution in [0.2, 0.25) is 0 Å². The van der Waals surface area contributed by atoms with Gasteiger partial charge in [0.25, 0.3) is 0 Å². The summed E-state index contributed by atoms with van der Waals surface area (Å²) in [6.07, 6.45) is 2.69. The summed E-state index contributed by atoms with van der Waals surface area (Å²) >= 11 is 0. The highest BCUT2D eigenvalue weighted by atomic mass is 16.3. The van der Waals surface area contributed by atoms with Crippen LogP contribution in [0.1, 0.15) is 18.2 Å². The van der Waals surface area contributed by atoms with Crippen LogP contribution in [0, 0.1) is 0 Å². The van der Waals surface area contributed by atoms with Crippen LogP contribution in [0.25, 0.3) is 0 Å². The highest BCUT2D eigenvalue weighted by Crippen LogP contribution is 2.12. The summed E-state index contributed by atoms with van der Waals surface area (Å²) in [5, 5.41) is 3.24. The predicted molar refractivity (Wildman–Crippen MR) is 70.6 cm³/mol. The third-order valence-corrected chi connectivity index (χ3v) is 2.60. The normalized spacial score (nSPS) is 11.5. The molecule has 2 rings (SSSR count). The van der Waals surface area contributed by atoms with Gasteiger partial charge in [0.1, 0.15) is 0 Å². The lowest BCUT2D eigenvalue weighted by Crippen LogP contribution is -2.12. The summed E-state index contributed by atoms with van der Waals surface area (Å²) in [5.41, 5.74) is 2.34. The Balaban J connectivity index is 2.14. The monoisotopic (exact) mass is 228 g/mol. The maximum absolute atomic E-state index is 5.31. The third kappa shape index (κ3) is 2.75. The molecule has 1 aromatic heterocycles. The Morgan fingerprint density at radius 1 is 1.24 bits per heavy atom. The molecular weight excluding hydrogens is 212 g/mol. The van der Waals surface area contributed by atoms with E-state index < -0.39 is 0 Å². The summed E-state index contributed by atoms with van der Waals surface area (Å²) in [6, 6.07) is 12.0. The van der Waals surface area contributed by atoms with Gasteiger partial charge in [0, 0.05) is 12.7 Å². The number of anilines is 1. The first-order chi connectivity index (χ1) is 8.33. The fraction of sp³-hybridized carbons (Fsp3) is 0.214. The Bertz CT molecular complexity index is 483. The van der Waals surface area contributed by atoms with Crippen LogP contribution in [0.4, 0.5) is 5.69 Å². The van der Waals surface area contributed by atoms with E-state index in [1.807, 2.05) is 24.3 Å². The number of amidine groups is 1. The molecule has 0 aliphatic rings. The minimum absolute atomic E-state index is 0.735. The van der Waals surface area contributed by atoms with E-state index >= 15 is 0 Å². The minimum atomic E-state index is 0.735. The molecule has 0 atom stereocenters. The Morgan fingerprint density at radius 3 is 2.53 bits per heavy atom. The van der Waals surface area contributed by atoms with Crippen LogP contribution in [0.3, 0.4) is 0 Å². The molecular formula is C14H16N2O. The summed E-state index contributed by atoms with van der Waals surface area (Å²) in [6.45, 7) is 2.14. The number of nitrogens with zero attached hydrogens (tertiary/aromatic N) is 1. The van der Waals surface area contributed by atoms with Gasteiger partial charge in [0.05, 0.1) is 6.26 Å². The highest BCUT2D eigenvalue weighted by Gasteiger charge is 2.05. The van der Waals surface area contributed by atoms with E-state index in [2.05, 4.69) is 29.4 Å². The van der Waals surface area contributed by atoms with Gasteiger partial charge in [0.2, 0.25) is 0 Å². The van der Waals surface area contributed by atoms with Crippen LogP contribution < -0.4 is 5.32 Å². The van der Waals surface area contributed by atoms with Crippen molar-refractivity contribution in [2.75, 3.05) is 12.4 Å². The Hall–Kier alpha value is -2.03. The second-order valence-corrected chi connectivity index (χ2v) is 3.72. The van der Waals surface area contributed by atoms with Crippen molar-refractivity contribution < 1.29 is 4.42 Å². The van der Waals surface area contributed by atoms with Crippen LogP contribution in [0.15, 0.2) is 52.1 Å². The highest BCUT2D eigenvalue weighted by molar-refractivity contribution is 6.06. The molecule has 0 amide bonds. The van der Waals surface area contributed by atoms with Gasteiger partial charge in [-0.2, -0.15) is 0 Å². The van der Waals surface area contributed by atoms with E-state index in [0.717, 1.165) is 23.7 Å². The van der Waals surface area contributed by atoms with E-state index in [9.17, 15) is 0 Å². The Labute approximate surface area is 101 Å². The van der Waals surface area contributed by atoms with E-state index in [0.29, 0.717) is 0 Å². The van der Waals surface area contributed by atoms with Crippen LogP contribution >= 0.6 is 0 Å². The second-order valence-electron chi connectivity index (χ2n) is 3.72. The lowest BCUT2D eigenvalue weighted by molar-refractivity contribution is 0.557. The zero-order valence-electron chi connectivity index (χ0n) is 10.1. The standard InChI is InChI=1S/C14H16N2O/c1-3-11-6-8-12(9-7-11)16-14(15-2)13-5-4-10-17-13/h4-10H,3H2,1-2H3,(H,15,16). The van der Waals surface area contributed by atoms with Gasteiger partial charge in [-0.3, -0.25) is 4.99 Å². The van der Waals surface area contributed by atoms with Gasteiger partial charge in [-0.1, -0.05) is 19.1 Å². The van der Waals surface area contributed by atoms with Crippen molar-refractivity contribution >= 4 is 11.5 Å². The summed E-state index contributed by atoms with van der Waals surface area (Å²) < 4.78 is 5.31. The SMILES string of the molecule is CCc1ccc(NC(=NC)c2ccco2)cc1. The van der Waals surface area contributed by atoms with Gasteiger partial charge < -0.3 is 9.73 Å². The number of hydrogen-bond acceptors (Lipinski definition) is 2. The van der Waals surface area contributed by atoms with Gasteiger partial charge in [-0.15, -0.1) is 0 Å². The Morgan fingerprint density at radius 2 is 2.00 bits per heavy atom. The molecule has 1 N–H and O–H groups in total. The number of nitrogens with one attached hydrogen (secondary N) is 1. The molecule has 1 aromatic carbocycles. The first-order valence-corrected chi connectivity index (χ1v) is 5.70. The molecule has 0 fully saturated rings. The third-order valence-electron chi connectivity index (χ3n) is 2.60. The van der Waals surface area contributed by atoms with Crippen molar-refractivity contribution in [1.29, 1.82) is 0 Å². The molecule has 3 heteroatoms. The number of aliphatic imine (C=N–C) groups is 1. The van der Waals surface area contributed by atoms with E-state index in [1.54, 1.807) is 13.3 Å². The van der Waals surface area contributed by atoms with Gasteiger partial charge in [-0.25, -0.2) is 0 Å². The van der Waals surface area contributed by atoms with Crippen molar-refractivity contribution in [2.45, 2.75) is 13.3 Å². The largest absolute Gasteiger partial charge is 0.461 e. The van der Waals surface area contributed by atoms with Gasteiger partial charge >= 0.3 is 0 Å². The second kappa shape index (κ2) is 5.34. The van der Waals surface area contributed by atoms with E-state index in [4.69, 9.17) is 4.42 Å². The van der Waals surface area contributed by atoms with Crippen molar-refractivity contribution in [1.82, 2.24) is 0 Å². The molecule has 0 unspecified atom stereocenters. The molecule has 3 nitrogen and oxygen atoms in total. The van der Waals surface area contributed by atoms with Crippen LogP contribution in [-0.2, 0) is 6.42 Å². The molecule has 1 heterocycles. The molecule has 0 saturated carbocycles. The fourth-order valence-corrected chi connectivity index (χ4v) is 1.60. The molecule has 88 valence electrons. The minimum Gasteiger partial charge on any atom is -0.461 e. The molecule has 0 spiro atoms. The summed E-state index contributed by atoms with van der Waals surface area (Å²) in [5.74, 6) is 1.48. The maximum atomic E-state index is 5.31. The van der Waals surface area contributed by atoms with Gasteiger partial charge in [0.15, 0.2) is 11.6 Å². The molecule has 0 aliphatic carbocycles. The van der Waals surface area contributed by atoms with Crippen molar-refractivity contribution in [3.63, 3.8) is 0 Å². The zero-order valence-corrected chi connectivity index (χ0v) is 10.1. The molecule has 0 aliphatic heterocycles. The van der Waals surface area contributed by atoms with Crippen molar-refractivity contribution in [3.05, 3.63) is 54.0 Å². The maximum Gasteiger partial charge on any atom is 0.168 e. The van der Waals surface area contributed by atoms with Crippen molar-refractivity contribution in [3.8, 4) is 0 Å². The summed E-state index contributed by atoms with van der Waals surface area (Å²) in [4.78, 5) is 4.18. The number of aryl methyl sites for hydroxylation is 1.